The number of anilines is 1. The van der Waals surface area contributed by atoms with Crippen molar-refractivity contribution in [1.29, 1.82) is 0 Å². The molecule has 1 aliphatic heterocycles. The molecular formula is C16H20N8O2S. The maximum absolute atomic E-state index is 12.6. The molecule has 1 saturated heterocycles. The van der Waals surface area contributed by atoms with E-state index in [9.17, 15) is 8.42 Å². The first-order valence-corrected chi connectivity index (χ1v) is 9.97. The number of rotatable bonds is 4. The van der Waals surface area contributed by atoms with Crippen molar-refractivity contribution in [2.24, 2.45) is 0 Å². The van der Waals surface area contributed by atoms with Crippen molar-refractivity contribution in [2.75, 3.05) is 31.1 Å². The average Bonchev–Trinajstić information content (AvgIpc) is 3.34. The lowest BCUT2D eigenvalue weighted by Crippen LogP contribution is -2.49. The zero-order valence-corrected chi connectivity index (χ0v) is 15.9. The average molecular weight is 388 g/mol. The molecule has 3 aromatic rings. The summed E-state index contributed by atoms with van der Waals surface area (Å²) in [6, 6.07) is 1.90. The first-order chi connectivity index (χ1) is 13.0. The molecule has 1 fully saturated rings. The Labute approximate surface area is 157 Å². The minimum Gasteiger partial charge on any atom is -0.354 e. The lowest BCUT2D eigenvalue weighted by Gasteiger charge is -2.34. The highest BCUT2D eigenvalue weighted by atomic mass is 32.2. The Kier molecular flexibility index (Phi) is 4.40. The number of nitrogens with one attached hydrogen (secondary N) is 1. The van der Waals surface area contributed by atoms with Gasteiger partial charge in [0.15, 0.2) is 5.03 Å². The van der Waals surface area contributed by atoms with Gasteiger partial charge in [0.05, 0.1) is 18.2 Å². The molecule has 0 amide bonds. The lowest BCUT2D eigenvalue weighted by atomic mass is 10.3. The number of sulfonamides is 1. The molecule has 4 heterocycles. The second-order valence-corrected chi connectivity index (χ2v) is 8.23. The summed E-state index contributed by atoms with van der Waals surface area (Å²) >= 11 is 0. The summed E-state index contributed by atoms with van der Waals surface area (Å²) in [6.45, 7) is 5.79. The molecule has 0 unspecified atom stereocenters. The number of hydrogen-bond acceptors (Lipinski definition) is 7. The minimum atomic E-state index is -3.53. The van der Waals surface area contributed by atoms with Gasteiger partial charge in [-0.15, -0.1) is 0 Å². The van der Waals surface area contributed by atoms with E-state index in [0.717, 1.165) is 23.0 Å². The first kappa shape index (κ1) is 17.6. The predicted octanol–water partition coefficient (Wildman–Crippen LogP) is 0.513. The molecular weight excluding hydrogens is 368 g/mol. The topological polar surface area (TPSA) is 113 Å². The van der Waals surface area contributed by atoms with Crippen molar-refractivity contribution in [3.8, 4) is 5.82 Å². The smallest absolute Gasteiger partial charge is 0.260 e. The summed E-state index contributed by atoms with van der Waals surface area (Å²) in [6.07, 6.45) is 5.96. The Morgan fingerprint density at radius 3 is 2.41 bits per heavy atom. The highest BCUT2D eigenvalue weighted by Crippen LogP contribution is 2.20. The number of nitrogens with zero attached hydrogens (tertiary/aromatic N) is 7. The Morgan fingerprint density at radius 2 is 1.78 bits per heavy atom. The number of aromatic amines is 1. The molecule has 0 bridgehead atoms. The number of aryl methyl sites for hydroxylation is 1. The summed E-state index contributed by atoms with van der Waals surface area (Å²) in [5, 5.41) is 0.117. The van der Waals surface area contributed by atoms with Gasteiger partial charge in [0, 0.05) is 37.9 Å². The summed E-state index contributed by atoms with van der Waals surface area (Å²) in [5.74, 6) is 1.51. The SMILES string of the molecule is Cc1ncn(-c2cc(N3CCN(S(=O)(=O)c4cnc[nH]4)CC3)ncn2)c1C. The zero-order valence-electron chi connectivity index (χ0n) is 15.1. The maximum atomic E-state index is 12.6. The van der Waals surface area contributed by atoms with E-state index in [1.807, 2.05) is 24.5 Å². The Bertz CT molecular complexity index is 1040. The van der Waals surface area contributed by atoms with E-state index < -0.39 is 10.0 Å². The van der Waals surface area contributed by atoms with E-state index in [-0.39, 0.29) is 5.03 Å². The van der Waals surface area contributed by atoms with Crippen LogP contribution in [0.2, 0.25) is 0 Å². The number of H-pyrrole nitrogens is 1. The monoisotopic (exact) mass is 388 g/mol. The fourth-order valence-corrected chi connectivity index (χ4v) is 4.37. The van der Waals surface area contributed by atoms with Crippen LogP contribution in [0.25, 0.3) is 5.82 Å². The predicted molar refractivity (Wildman–Crippen MR) is 98.2 cm³/mol. The van der Waals surface area contributed by atoms with Crippen molar-refractivity contribution < 1.29 is 8.42 Å². The highest BCUT2D eigenvalue weighted by Gasteiger charge is 2.30. The van der Waals surface area contributed by atoms with Gasteiger partial charge in [-0.1, -0.05) is 0 Å². The van der Waals surface area contributed by atoms with Crippen molar-refractivity contribution in [2.45, 2.75) is 18.9 Å². The fourth-order valence-electron chi connectivity index (χ4n) is 3.05. The van der Waals surface area contributed by atoms with Crippen LogP contribution in [0.5, 0.6) is 0 Å². The maximum Gasteiger partial charge on any atom is 0.260 e. The minimum absolute atomic E-state index is 0.117. The van der Waals surface area contributed by atoms with Gasteiger partial charge in [-0.3, -0.25) is 4.57 Å². The third kappa shape index (κ3) is 3.19. The highest BCUT2D eigenvalue weighted by molar-refractivity contribution is 7.89. The molecule has 0 saturated carbocycles. The van der Waals surface area contributed by atoms with Crippen LogP contribution in [0.4, 0.5) is 5.82 Å². The van der Waals surface area contributed by atoms with Crippen LogP contribution in [-0.4, -0.2) is 68.4 Å². The van der Waals surface area contributed by atoms with Gasteiger partial charge >= 0.3 is 0 Å². The van der Waals surface area contributed by atoms with Gasteiger partial charge < -0.3 is 9.88 Å². The van der Waals surface area contributed by atoms with E-state index in [2.05, 4.69) is 29.8 Å². The summed E-state index contributed by atoms with van der Waals surface area (Å²) in [4.78, 5) is 21.5. The molecule has 10 nitrogen and oxygen atoms in total. The molecule has 142 valence electrons. The van der Waals surface area contributed by atoms with Gasteiger partial charge in [0.2, 0.25) is 0 Å². The normalized spacial score (nSPS) is 16.0. The van der Waals surface area contributed by atoms with E-state index in [1.165, 1.54) is 23.2 Å². The number of hydrogen-bond donors (Lipinski definition) is 1. The number of imidazole rings is 2. The van der Waals surface area contributed by atoms with Gasteiger partial charge in [-0.2, -0.15) is 4.31 Å². The van der Waals surface area contributed by atoms with Crippen LogP contribution in [-0.2, 0) is 10.0 Å². The van der Waals surface area contributed by atoms with Gasteiger partial charge in [-0.05, 0) is 13.8 Å². The Balaban J connectivity index is 1.51. The van der Waals surface area contributed by atoms with Crippen LogP contribution in [0.3, 0.4) is 0 Å². The van der Waals surface area contributed by atoms with Crippen molar-refractivity contribution in [3.05, 3.63) is 42.6 Å². The van der Waals surface area contributed by atoms with Gasteiger partial charge in [0.25, 0.3) is 10.0 Å². The Morgan fingerprint density at radius 1 is 1.04 bits per heavy atom. The zero-order chi connectivity index (χ0) is 19.0. The molecule has 0 atom stereocenters. The van der Waals surface area contributed by atoms with Crippen LogP contribution in [0, 0.1) is 13.8 Å². The van der Waals surface area contributed by atoms with Crippen LogP contribution >= 0.6 is 0 Å². The number of piperazine rings is 1. The molecule has 0 aliphatic carbocycles. The van der Waals surface area contributed by atoms with Crippen LogP contribution in [0.15, 0.2) is 36.3 Å². The van der Waals surface area contributed by atoms with Crippen molar-refractivity contribution in [3.63, 3.8) is 0 Å². The van der Waals surface area contributed by atoms with Crippen molar-refractivity contribution >= 4 is 15.8 Å². The third-order valence-corrected chi connectivity index (χ3v) is 6.61. The summed E-state index contributed by atoms with van der Waals surface area (Å²) < 4.78 is 28.5. The molecule has 27 heavy (non-hydrogen) atoms. The Hall–Kier alpha value is -2.79. The fraction of sp³-hybridized carbons (Fsp3) is 0.375. The van der Waals surface area contributed by atoms with Crippen LogP contribution in [0.1, 0.15) is 11.4 Å². The van der Waals surface area contributed by atoms with E-state index in [4.69, 9.17) is 0 Å². The molecule has 4 rings (SSSR count). The van der Waals surface area contributed by atoms with Crippen molar-refractivity contribution in [1.82, 2.24) is 33.8 Å². The molecule has 0 radical (unpaired) electrons. The van der Waals surface area contributed by atoms with Gasteiger partial charge in [-0.25, -0.2) is 28.4 Å². The largest absolute Gasteiger partial charge is 0.354 e. The molecule has 1 N–H and O–H groups in total. The van der Waals surface area contributed by atoms with E-state index in [0.29, 0.717) is 26.2 Å². The van der Waals surface area contributed by atoms with Gasteiger partial charge in [0.1, 0.15) is 24.3 Å². The first-order valence-electron chi connectivity index (χ1n) is 8.53. The molecule has 3 aromatic heterocycles. The molecule has 11 heteroatoms. The molecule has 0 spiro atoms. The quantitative estimate of drug-likeness (QED) is 0.693. The third-order valence-electron chi connectivity index (χ3n) is 4.79. The second kappa shape index (κ2) is 6.74. The van der Waals surface area contributed by atoms with E-state index >= 15 is 0 Å². The summed E-state index contributed by atoms with van der Waals surface area (Å²) in [7, 11) is -3.53. The second-order valence-electron chi connectivity index (χ2n) is 6.33. The number of aromatic nitrogens is 6. The van der Waals surface area contributed by atoms with E-state index in [1.54, 1.807) is 6.33 Å². The molecule has 0 aromatic carbocycles. The summed E-state index contributed by atoms with van der Waals surface area (Å²) in [5.41, 5.74) is 1.97. The lowest BCUT2D eigenvalue weighted by molar-refractivity contribution is 0.382. The standard InChI is InChI=1S/C16H20N8O2S/c1-12-13(2)24(11-21-12)15-7-14(18-10-19-15)22-3-5-23(6-4-22)27(25,26)16-8-17-9-20-16/h7-11H,3-6H2,1-2H3,(H,17,20). The molecule has 1 aliphatic rings. The van der Waals surface area contributed by atoms with Crippen LogP contribution < -0.4 is 4.90 Å².